The van der Waals surface area contributed by atoms with E-state index in [0.717, 1.165) is 10.8 Å². The number of ketones is 1. The summed E-state index contributed by atoms with van der Waals surface area (Å²) < 4.78 is 5.39. The standard InChI is InChI=1S/C21H18O4/c22-17(14-7-2-1-3-8-14)19(24)21-20(25-21)18(23)16-11-10-13-6-4-5-9-15(13)12-16/h1-12,17,19-22,24H/t17-,19+,20-,21-/m0/s1. The van der Waals surface area contributed by atoms with Crippen LogP contribution in [0.25, 0.3) is 10.8 Å². The molecule has 1 aliphatic rings. The molecule has 4 rings (SSSR count). The van der Waals surface area contributed by atoms with Crippen molar-refractivity contribution in [2.24, 2.45) is 0 Å². The van der Waals surface area contributed by atoms with Crippen LogP contribution in [0.4, 0.5) is 0 Å². The molecule has 4 atom stereocenters. The second kappa shape index (κ2) is 6.41. The van der Waals surface area contributed by atoms with Gasteiger partial charge in [-0.25, -0.2) is 0 Å². The average Bonchev–Trinajstić information content (AvgIpc) is 3.47. The molecular formula is C21H18O4. The molecule has 1 fully saturated rings. The van der Waals surface area contributed by atoms with Gasteiger partial charge in [-0.2, -0.15) is 0 Å². The molecular weight excluding hydrogens is 316 g/mol. The fourth-order valence-electron chi connectivity index (χ4n) is 3.13. The second-order valence-corrected chi connectivity index (χ2v) is 6.29. The molecule has 4 heteroatoms. The number of fused-ring (bicyclic) bond motifs is 1. The molecule has 0 aliphatic carbocycles. The number of carbonyl (C=O) groups is 1. The first-order valence-corrected chi connectivity index (χ1v) is 8.25. The molecule has 0 bridgehead atoms. The third kappa shape index (κ3) is 3.07. The molecule has 0 saturated carbocycles. The zero-order valence-electron chi connectivity index (χ0n) is 13.4. The van der Waals surface area contributed by atoms with Crippen molar-refractivity contribution in [1.82, 2.24) is 0 Å². The molecule has 0 aromatic heterocycles. The van der Waals surface area contributed by atoms with Gasteiger partial charge < -0.3 is 14.9 Å². The third-order valence-electron chi connectivity index (χ3n) is 4.62. The molecule has 3 aromatic carbocycles. The van der Waals surface area contributed by atoms with Gasteiger partial charge in [0.15, 0.2) is 5.78 Å². The minimum atomic E-state index is -1.14. The van der Waals surface area contributed by atoms with Gasteiger partial charge in [-0.05, 0) is 22.4 Å². The van der Waals surface area contributed by atoms with Crippen LogP contribution < -0.4 is 0 Å². The van der Waals surface area contributed by atoms with E-state index >= 15 is 0 Å². The van der Waals surface area contributed by atoms with E-state index in [1.807, 2.05) is 42.5 Å². The number of aliphatic hydroxyl groups is 2. The summed E-state index contributed by atoms with van der Waals surface area (Å²) >= 11 is 0. The lowest BCUT2D eigenvalue weighted by Crippen LogP contribution is -2.27. The molecule has 126 valence electrons. The van der Waals surface area contributed by atoms with Crippen molar-refractivity contribution in [1.29, 1.82) is 0 Å². The van der Waals surface area contributed by atoms with Gasteiger partial charge in [0.2, 0.25) is 0 Å². The van der Waals surface area contributed by atoms with Gasteiger partial charge in [-0.3, -0.25) is 4.79 Å². The third-order valence-corrected chi connectivity index (χ3v) is 4.62. The maximum absolute atomic E-state index is 12.6. The van der Waals surface area contributed by atoms with Crippen LogP contribution in [0.1, 0.15) is 22.0 Å². The van der Waals surface area contributed by atoms with E-state index in [2.05, 4.69) is 0 Å². The van der Waals surface area contributed by atoms with Crippen LogP contribution in [-0.2, 0) is 4.74 Å². The summed E-state index contributed by atoms with van der Waals surface area (Å²) in [6.45, 7) is 0. The fraction of sp³-hybridized carbons (Fsp3) is 0.190. The van der Waals surface area contributed by atoms with Crippen molar-refractivity contribution in [2.45, 2.75) is 24.4 Å². The van der Waals surface area contributed by atoms with Crippen LogP contribution in [0, 0.1) is 0 Å². The van der Waals surface area contributed by atoms with Gasteiger partial charge in [0.25, 0.3) is 0 Å². The summed E-state index contributed by atoms with van der Waals surface area (Å²) in [6.07, 6.45) is -3.62. The quantitative estimate of drug-likeness (QED) is 0.556. The van der Waals surface area contributed by atoms with Crippen LogP contribution in [0.5, 0.6) is 0 Å². The number of rotatable bonds is 5. The van der Waals surface area contributed by atoms with Crippen molar-refractivity contribution >= 4 is 16.6 Å². The summed E-state index contributed by atoms with van der Waals surface area (Å²) in [5.41, 5.74) is 1.15. The van der Waals surface area contributed by atoms with E-state index in [0.29, 0.717) is 11.1 Å². The number of hydrogen-bond acceptors (Lipinski definition) is 4. The molecule has 2 N–H and O–H groups in total. The molecule has 1 saturated heterocycles. The van der Waals surface area contributed by atoms with Gasteiger partial charge >= 0.3 is 0 Å². The summed E-state index contributed by atoms with van der Waals surface area (Å²) in [4.78, 5) is 12.6. The maximum Gasteiger partial charge on any atom is 0.194 e. The van der Waals surface area contributed by atoms with Gasteiger partial charge in [-0.15, -0.1) is 0 Å². The largest absolute Gasteiger partial charge is 0.387 e. The SMILES string of the molecule is O=C(c1ccc2ccccc2c1)[C@@H]1O[C@H]1[C@H](O)[C@@H](O)c1ccccc1. The van der Waals surface area contributed by atoms with Crippen LogP contribution in [-0.4, -0.2) is 34.3 Å². The summed E-state index contributed by atoms with van der Waals surface area (Å²) in [7, 11) is 0. The van der Waals surface area contributed by atoms with Crippen molar-refractivity contribution in [3.63, 3.8) is 0 Å². The highest BCUT2D eigenvalue weighted by Gasteiger charge is 2.51. The molecule has 0 amide bonds. The van der Waals surface area contributed by atoms with Crippen LogP contribution in [0.2, 0.25) is 0 Å². The monoisotopic (exact) mass is 334 g/mol. The van der Waals surface area contributed by atoms with E-state index in [4.69, 9.17) is 4.74 Å². The normalized spacial score (nSPS) is 21.7. The van der Waals surface area contributed by atoms with Crippen molar-refractivity contribution in [3.8, 4) is 0 Å². The Labute approximate surface area is 145 Å². The highest BCUT2D eigenvalue weighted by molar-refractivity contribution is 6.04. The van der Waals surface area contributed by atoms with Crippen LogP contribution in [0.3, 0.4) is 0 Å². The zero-order valence-corrected chi connectivity index (χ0v) is 13.4. The van der Waals surface area contributed by atoms with Gasteiger partial charge in [-0.1, -0.05) is 66.7 Å². The smallest absolute Gasteiger partial charge is 0.194 e. The lowest BCUT2D eigenvalue weighted by molar-refractivity contribution is 0.00157. The van der Waals surface area contributed by atoms with E-state index in [9.17, 15) is 15.0 Å². The van der Waals surface area contributed by atoms with E-state index < -0.39 is 24.4 Å². The fourth-order valence-corrected chi connectivity index (χ4v) is 3.13. The Hall–Kier alpha value is -2.53. The van der Waals surface area contributed by atoms with Crippen molar-refractivity contribution in [3.05, 3.63) is 83.9 Å². The number of epoxide rings is 1. The number of aliphatic hydroxyl groups excluding tert-OH is 2. The minimum absolute atomic E-state index is 0.171. The number of Topliss-reactive ketones (excluding diaryl/α,β-unsaturated/α-hetero) is 1. The van der Waals surface area contributed by atoms with Gasteiger partial charge in [0.05, 0.1) is 0 Å². The predicted molar refractivity (Wildman–Crippen MR) is 94.3 cm³/mol. The Balaban J connectivity index is 1.49. The van der Waals surface area contributed by atoms with E-state index in [1.165, 1.54) is 0 Å². The molecule has 3 aromatic rings. The molecule has 4 nitrogen and oxygen atoms in total. The van der Waals surface area contributed by atoms with E-state index in [1.54, 1.807) is 30.3 Å². The number of benzene rings is 3. The Bertz CT molecular complexity index is 906. The second-order valence-electron chi connectivity index (χ2n) is 6.29. The average molecular weight is 334 g/mol. The Morgan fingerprint density at radius 2 is 1.56 bits per heavy atom. The van der Waals surface area contributed by atoms with Gasteiger partial charge in [0.1, 0.15) is 24.4 Å². The predicted octanol–water partition coefficient (Wildman–Crippen LogP) is 2.88. The topological polar surface area (TPSA) is 70.1 Å². The first-order chi connectivity index (χ1) is 12.1. The molecule has 0 spiro atoms. The van der Waals surface area contributed by atoms with Crippen LogP contribution in [0.15, 0.2) is 72.8 Å². The summed E-state index contributed by atoms with van der Waals surface area (Å²) in [5, 5.41) is 22.6. The van der Waals surface area contributed by atoms with Gasteiger partial charge in [0, 0.05) is 5.56 Å². The van der Waals surface area contributed by atoms with Crippen LogP contribution >= 0.6 is 0 Å². The lowest BCUT2D eigenvalue weighted by atomic mass is 9.97. The first kappa shape index (κ1) is 16.0. The van der Waals surface area contributed by atoms with Crippen molar-refractivity contribution < 1.29 is 19.7 Å². The lowest BCUT2D eigenvalue weighted by Gasteiger charge is -2.16. The van der Waals surface area contributed by atoms with Crippen molar-refractivity contribution in [2.75, 3.05) is 0 Å². The molecule has 0 unspecified atom stereocenters. The first-order valence-electron chi connectivity index (χ1n) is 8.25. The molecule has 25 heavy (non-hydrogen) atoms. The number of carbonyl (C=O) groups excluding carboxylic acids is 1. The van der Waals surface area contributed by atoms with E-state index in [-0.39, 0.29) is 5.78 Å². The molecule has 0 radical (unpaired) electrons. The maximum atomic E-state index is 12.6. The number of hydrogen-bond donors (Lipinski definition) is 2. The number of ether oxygens (including phenoxy) is 1. The summed E-state index contributed by atoms with van der Waals surface area (Å²) in [6, 6.07) is 22.2. The molecule has 1 heterocycles. The molecule has 1 aliphatic heterocycles. The Morgan fingerprint density at radius 1 is 0.880 bits per heavy atom. The Kier molecular flexibility index (Phi) is 4.09. The zero-order chi connectivity index (χ0) is 17.4. The highest BCUT2D eigenvalue weighted by atomic mass is 16.6. The highest BCUT2D eigenvalue weighted by Crippen LogP contribution is 2.34. The Morgan fingerprint density at radius 3 is 2.32 bits per heavy atom. The minimum Gasteiger partial charge on any atom is -0.387 e. The summed E-state index contributed by atoms with van der Waals surface area (Å²) in [5.74, 6) is -0.171.